The van der Waals surface area contributed by atoms with Gasteiger partial charge in [-0.05, 0) is 36.2 Å². The molecule has 0 saturated carbocycles. The topological polar surface area (TPSA) is 50.5 Å². The summed E-state index contributed by atoms with van der Waals surface area (Å²) >= 11 is 0. The van der Waals surface area contributed by atoms with E-state index >= 15 is 0 Å². The average Bonchev–Trinajstić information content (AvgIpc) is 3.34. The van der Waals surface area contributed by atoms with E-state index in [0.717, 1.165) is 28.0 Å². The first kappa shape index (κ1) is 15.7. The molecule has 6 heteroatoms. The fourth-order valence-corrected chi connectivity index (χ4v) is 3.63. The van der Waals surface area contributed by atoms with Crippen LogP contribution in [0, 0.1) is 5.82 Å². The number of benzene rings is 1. The highest BCUT2D eigenvalue weighted by molar-refractivity contribution is 6.07. The lowest BCUT2D eigenvalue weighted by atomic mass is 10.0. The number of imidazole rings is 1. The predicted molar refractivity (Wildman–Crippen MR) is 100 cm³/mol. The Morgan fingerprint density at radius 2 is 2.00 bits per heavy atom. The Morgan fingerprint density at radius 3 is 2.89 bits per heavy atom. The van der Waals surface area contributed by atoms with E-state index in [9.17, 15) is 9.18 Å². The largest absolute Gasteiger partial charge is 0.306 e. The fourth-order valence-electron chi connectivity index (χ4n) is 3.63. The monoisotopic (exact) mass is 358 g/mol. The number of halogens is 1. The van der Waals surface area contributed by atoms with Gasteiger partial charge in [0.05, 0.1) is 17.4 Å². The van der Waals surface area contributed by atoms with Crippen LogP contribution in [-0.4, -0.2) is 26.8 Å². The van der Waals surface area contributed by atoms with Crippen LogP contribution in [-0.2, 0) is 6.42 Å². The molecule has 4 heterocycles. The lowest BCUT2D eigenvalue weighted by Crippen LogP contribution is -2.29. The molecule has 0 bridgehead atoms. The SMILES string of the molecule is O=C(c1ccccc1F)N1CCc2c(-c3ccc4nccn4c3)cncc21. The number of carbonyl (C=O) groups is 1. The van der Waals surface area contributed by atoms with Gasteiger partial charge in [0.1, 0.15) is 11.5 Å². The maximum atomic E-state index is 14.1. The fraction of sp³-hybridized carbons (Fsp3) is 0.0952. The second kappa shape index (κ2) is 6.02. The molecule has 0 N–H and O–H groups in total. The zero-order valence-electron chi connectivity index (χ0n) is 14.3. The molecule has 1 aliphatic heterocycles. The van der Waals surface area contributed by atoms with E-state index in [-0.39, 0.29) is 11.5 Å². The van der Waals surface area contributed by atoms with Crippen LogP contribution in [0.1, 0.15) is 15.9 Å². The van der Waals surface area contributed by atoms with Crippen molar-refractivity contribution in [3.63, 3.8) is 0 Å². The van der Waals surface area contributed by atoms with E-state index in [4.69, 9.17) is 0 Å². The third kappa shape index (κ3) is 2.49. The maximum Gasteiger partial charge on any atom is 0.261 e. The maximum absolute atomic E-state index is 14.1. The number of hydrogen-bond acceptors (Lipinski definition) is 3. The van der Waals surface area contributed by atoms with Gasteiger partial charge in [-0.1, -0.05) is 12.1 Å². The number of pyridine rings is 2. The van der Waals surface area contributed by atoms with Gasteiger partial charge in [0, 0.05) is 42.5 Å². The molecule has 27 heavy (non-hydrogen) atoms. The van der Waals surface area contributed by atoms with E-state index in [1.807, 2.05) is 35.1 Å². The molecule has 1 aromatic carbocycles. The van der Waals surface area contributed by atoms with Gasteiger partial charge in [-0.2, -0.15) is 0 Å². The second-order valence-corrected chi connectivity index (χ2v) is 6.48. The molecule has 0 fully saturated rings. The lowest BCUT2D eigenvalue weighted by Gasteiger charge is -2.18. The van der Waals surface area contributed by atoms with Gasteiger partial charge in [-0.15, -0.1) is 0 Å². The van der Waals surface area contributed by atoms with Gasteiger partial charge in [-0.25, -0.2) is 9.37 Å². The average molecular weight is 358 g/mol. The number of fused-ring (bicyclic) bond motifs is 2. The first-order valence-corrected chi connectivity index (χ1v) is 8.69. The first-order valence-electron chi connectivity index (χ1n) is 8.69. The van der Waals surface area contributed by atoms with Gasteiger partial charge in [0.2, 0.25) is 0 Å². The number of anilines is 1. The third-order valence-electron chi connectivity index (χ3n) is 4.96. The molecule has 4 aromatic rings. The van der Waals surface area contributed by atoms with Gasteiger partial charge in [0.15, 0.2) is 0 Å². The third-order valence-corrected chi connectivity index (χ3v) is 4.96. The molecule has 5 nitrogen and oxygen atoms in total. The van der Waals surface area contributed by atoms with E-state index in [1.165, 1.54) is 12.1 Å². The van der Waals surface area contributed by atoms with Crippen molar-refractivity contribution >= 4 is 17.2 Å². The van der Waals surface area contributed by atoms with Crippen LogP contribution in [0.3, 0.4) is 0 Å². The molecule has 5 rings (SSSR count). The van der Waals surface area contributed by atoms with Crippen LogP contribution in [0.5, 0.6) is 0 Å². The Bertz CT molecular complexity index is 1180. The summed E-state index contributed by atoms with van der Waals surface area (Å²) in [4.78, 5) is 23.1. The summed E-state index contributed by atoms with van der Waals surface area (Å²) in [5.41, 5.74) is 4.73. The summed E-state index contributed by atoms with van der Waals surface area (Å²) in [5.74, 6) is -0.846. The number of rotatable bonds is 2. The van der Waals surface area contributed by atoms with Crippen LogP contribution >= 0.6 is 0 Å². The molecule has 0 atom stereocenters. The quantitative estimate of drug-likeness (QED) is 0.548. The van der Waals surface area contributed by atoms with E-state index < -0.39 is 5.82 Å². The van der Waals surface area contributed by atoms with Crippen molar-refractivity contribution in [2.45, 2.75) is 6.42 Å². The van der Waals surface area contributed by atoms with Crippen molar-refractivity contribution in [3.05, 3.63) is 84.3 Å². The number of carbonyl (C=O) groups excluding carboxylic acids is 1. The summed E-state index contributed by atoms with van der Waals surface area (Å²) in [5, 5.41) is 0. The molecule has 3 aromatic heterocycles. The van der Waals surface area contributed by atoms with Crippen molar-refractivity contribution in [3.8, 4) is 11.1 Å². The van der Waals surface area contributed by atoms with Crippen LogP contribution in [0.25, 0.3) is 16.8 Å². The predicted octanol–water partition coefficient (Wildman–Crippen LogP) is 3.74. The zero-order chi connectivity index (χ0) is 18.4. The van der Waals surface area contributed by atoms with E-state index in [0.29, 0.717) is 13.0 Å². The molecular formula is C21H15FN4O. The van der Waals surface area contributed by atoms with Crippen LogP contribution in [0.15, 0.2) is 67.4 Å². The highest BCUT2D eigenvalue weighted by atomic mass is 19.1. The summed E-state index contributed by atoms with van der Waals surface area (Å²) in [7, 11) is 0. The molecular weight excluding hydrogens is 343 g/mol. The molecule has 132 valence electrons. The second-order valence-electron chi connectivity index (χ2n) is 6.48. The Morgan fingerprint density at radius 1 is 1.11 bits per heavy atom. The molecule has 1 amide bonds. The number of amides is 1. The number of aromatic nitrogens is 3. The normalized spacial score (nSPS) is 13.1. The lowest BCUT2D eigenvalue weighted by molar-refractivity contribution is 0.0985. The van der Waals surface area contributed by atoms with Crippen molar-refractivity contribution in [2.24, 2.45) is 0 Å². The van der Waals surface area contributed by atoms with Crippen LogP contribution in [0.2, 0.25) is 0 Å². The van der Waals surface area contributed by atoms with Gasteiger partial charge in [-0.3, -0.25) is 9.78 Å². The van der Waals surface area contributed by atoms with Crippen molar-refractivity contribution < 1.29 is 9.18 Å². The van der Waals surface area contributed by atoms with Gasteiger partial charge >= 0.3 is 0 Å². The molecule has 0 saturated heterocycles. The zero-order valence-corrected chi connectivity index (χ0v) is 14.3. The summed E-state index contributed by atoms with van der Waals surface area (Å²) in [6.07, 6.45) is 9.84. The molecule has 1 aliphatic rings. The minimum atomic E-state index is -0.509. The smallest absolute Gasteiger partial charge is 0.261 e. The van der Waals surface area contributed by atoms with Gasteiger partial charge in [0.25, 0.3) is 5.91 Å². The van der Waals surface area contributed by atoms with Crippen LogP contribution in [0.4, 0.5) is 10.1 Å². The highest BCUT2D eigenvalue weighted by Gasteiger charge is 2.29. The summed E-state index contributed by atoms with van der Waals surface area (Å²) < 4.78 is 16.0. The highest BCUT2D eigenvalue weighted by Crippen LogP contribution is 2.36. The number of hydrogen-bond donors (Lipinski definition) is 0. The Kier molecular flexibility index (Phi) is 3.50. The minimum Gasteiger partial charge on any atom is -0.306 e. The standard InChI is InChI=1S/C21H15FN4O/c22-18-4-2-1-3-16(18)21(27)26-9-7-15-17(11-23-12-19(15)26)14-5-6-20-24-8-10-25(20)13-14/h1-6,8,10-13H,7,9H2. The molecule has 0 unspecified atom stereocenters. The van der Waals surface area contributed by atoms with Crippen molar-refractivity contribution in [2.75, 3.05) is 11.4 Å². The van der Waals surface area contributed by atoms with Crippen molar-refractivity contribution in [1.82, 2.24) is 14.4 Å². The molecule has 0 spiro atoms. The summed E-state index contributed by atoms with van der Waals surface area (Å²) in [6, 6.07) is 10.0. The first-order chi connectivity index (χ1) is 13.2. The van der Waals surface area contributed by atoms with Crippen LogP contribution < -0.4 is 4.90 Å². The summed E-state index contributed by atoms with van der Waals surface area (Å²) in [6.45, 7) is 0.508. The Hall–Kier alpha value is -3.54. The minimum absolute atomic E-state index is 0.0792. The molecule has 0 aliphatic carbocycles. The Labute approximate surface area is 154 Å². The van der Waals surface area contributed by atoms with Gasteiger partial charge < -0.3 is 9.30 Å². The Balaban J connectivity index is 1.57. The van der Waals surface area contributed by atoms with Crippen molar-refractivity contribution in [1.29, 1.82) is 0 Å². The number of nitrogens with zero attached hydrogens (tertiary/aromatic N) is 4. The molecule has 0 radical (unpaired) electrons. The van der Waals surface area contributed by atoms with E-state index in [2.05, 4.69) is 9.97 Å². The van der Waals surface area contributed by atoms with E-state index in [1.54, 1.807) is 29.4 Å².